The zero-order chi connectivity index (χ0) is 47.6. The van der Waals surface area contributed by atoms with E-state index >= 15 is 0 Å². The summed E-state index contributed by atoms with van der Waals surface area (Å²) in [6.07, 6.45) is -6.65. The van der Waals surface area contributed by atoms with Gasteiger partial charge in [-0.05, 0) is 31.1 Å². The number of nitrogens with zero attached hydrogens (tertiary/aromatic N) is 7. The molecule has 1 saturated heterocycles. The number of ether oxygens (including phenoxy) is 1. The summed E-state index contributed by atoms with van der Waals surface area (Å²) in [4.78, 5) is 69.3. The Morgan fingerprint density at radius 1 is 0.887 bits per heavy atom. The molecule has 1 unspecified atom stereocenters. The van der Waals surface area contributed by atoms with E-state index in [1.165, 1.54) is 20.0 Å². The number of nitroso groups, excluding NO2 is 1. The maximum atomic E-state index is 13.0. The van der Waals surface area contributed by atoms with Gasteiger partial charge in [-0.2, -0.15) is 11.9 Å². The number of hydrogen-bond donors (Lipinski definition) is 6. The molecule has 3 rings (SSSR count). The van der Waals surface area contributed by atoms with Crippen LogP contribution in [0, 0.1) is 70.0 Å². The van der Waals surface area contributed by atoms with Crippen molar-refractivity contribution in [3.63, 3.8) is 0 Å². The van der Waals surface area contributed by atoms with Crippen LogP contribution in [0.3, 0.4) is 0 Å². The van der Waals surface area contributed by atoms with E-state index in [4.69, 9.17) is 78.9 Å². The van der Waals surface area contributed by atoms with E-state index in [1.807, 2.05) is 0 Å². The SMILES string of the molecule is CC(=O)N[C@@H](C[S-])C(=O)[O-].CC(C)C[C@H](NP(=O)([O-])O[C@@H]1O[C@@H](C)[C@H](O)[C@@H](O)[C@H]1O)C(=O)N[C@@H](Cc1c[n-]c2ccccc12)C(=O)[O-].[C-]#N.[C-]#N.[C-]#N.[C-]#N.[C-]#N.[Fe+3].[N-]=O.[Na+].[Na+]. The molecule has 2 heterocycles. The fourth-order valence-electron chi connectivity index (χ4n) is 4.49. The molecule has 0 bridgehead atoms. The summed E-state index contributed by atoms with van der Waals surface area (Å²) in [6.45, 7) is 29.8. The van der Waals surface area contributed by atoms with E-state index < -0.39 is 80.3 Å². The van der Waals surface area contributed by atoms with Crippen LogP contribution in [-0.4, -0.2) is 93.7 Å². The van der Waals surface area contributed by atoms with E-state index in [0.29, 0.717) is 16.5 Å². The quantitative estimate of drug-likeness (QED) is 0.0443. The Morgan fingerprint density at radius 3 is 1.76 bits per heavy atom. The van der Waals surface area contributed by atoms with Crippen LogP contribution in [0.15, 0.2) is 30.5 Å². The first kappa shape index (κ1) is 75.9. The number of carboxylic acid groups (broad SMARTS) is 2. The van der Waals surface area contributed by atoms with Crippen molar-refractivity contribution in [2.45, 2.75) is 89.4 Å². The Labute approximate surface area is 418 Å². The summed E-state index contributed by atoms with van der Waals surface area (Å²) >= 11 is 4.43. The Bertz CT molecular complexity index is 1680. The number of aromatic nitrogens is 1. The second-order valence-corrected chi connectivity index (χ2v) is 13.0. The van der Waals surface area contributed by atoms with Gasteiger partial charge in [-0.3, -0.25) is 18.7 Å². The molecule has 62 heavy (non-hydrogen) atoms. The van der Waals surface area contributed by atoms with Crippen LogP contribution in [0.2, 0.25) is 0 Å². The molecule has 24 nitrogen and oxygen atoms in total. The normalized spacial score (nSPS) is 18.6. The predicted molar refractivity (Wildman–Crippen MR) is 192 cm³/mol. The largest absolute Gasteiger partial charge is 3.00 e. The number of carbonyl (C=O) groups excluding carboxylic acids is 4. The summed E-state index contributed by atoms with van der Waals surface area (Å²) in [7, 11) is -5.11. The van der Waals surface area contributed by atoms with Gasteiger partial charge in [0.15, 0.2) is 6.29 Å². The molecule has 1 radical (unpaired) electrons. The standard InChI is InChI=1S/C23H33N3O10P.C5H9NO3S.5CN.Fe.NO.2Na/c1-11(2)8-16(26-37(33,34)36-23-20(29)19(28)18(27)12(3)35-23)21(30)25-17(22(31)32)9-13-10-24-15-7-5-4-6-14(13)15;1-3(7)6-4(2-10)5(8)9;5*1-2;;1-2;;/h4-7,10-12,16-20,23,27-29H,8-9H2,1-3H3,(H,25,30)(H,31,32)(H2,26,33,34);4,10H,2H2,1H3,(H,6,7)(H,8,9);;;;;;;;;/q-1;;5*-1;+3;-1;2*+1/p-4/t12-,16-,17-,18-,19+,20+,23-;4-;;;;;;;;;/m00........./s1. The van der Waals surface area contributed by atoms with Crippen LogP contribution < -0.4 is 94.9 Å². The van der Waals surface area contributed by atoms with Gasteiger partial charge in [0.1, 0.15) is 18.3 Å². The Morgan fingerprint density at radius 2 is 1.35 bits per heavy atom. The van der Waals surface area contributed by atoms with Crippen molar-refractivity contribution < 1.29 is 140 Å². The number of aliphatic carboxylic acids is 2. The monoisotopic (exact) mass is 963 g/mol. The first-order valence-corrected chi connectivity index (χ1v) is 17.8. The number of benzene rings is 1. The Hall–Kier alpha value is -3.49. The first-order valence-electron chi connectivity index (χ1n) is 15.7. The Balaban J connectivity index is -0.000000165. The zero-order valence-corrected chi connectivity index (χ0v) is 40.7. The van der Waals surface area contributed by atoms with Gasteiger partial charge in [-0.1, -0.05) is 43.7 Å². The van der Waals surface area contributed by atoms with Crippen LogP contribution in [-0.2, 0) is 69.1 Å². The van der Waals surface area contributed by atoms with Crippen molar-refractivity contribution in [1.29, 1.82) is 26.3 Å². The number of aliphatic hydroxyl groups excluding tert-OH is 3. The molecule has 6 N–H and O–H groups in total. The molecule has 1 aliphatic rings. The first-order chi connectivity index (χ1) is 27.9. The third-order valence-corrected chi connectivity index (χ3v) is 8.30. The Kier molecular flexibility index (Phi) is 54.0. The minimum atomic E-state index is -5.11. The molecule has 0 aliphatic carbocycles. The van der Waals surface area contributed by atoms with Crippen molar-refractivity contribution in [2.75, 3.05) is 5.75 Å². The number of carboxylic acids is 2. The number of fused-ring (bicyclic) bond motifs is 1. The molecule has 331 valence electrons. The van der Waals surface area contributed by atoms with Crippen LogP contribution >= 0.6 is 7.75 Å². The number of carbonyl (C=O) groups is 4. The van der Waals surface area contributed by atoms with Crippen molar-refractivity contribution in [1.82, 2.24) is 20.7 Å². The van der Waals surface area contributed by atoms with E-state index in [2.05, 4.69) is 33.3 Å². The number of amides is 2. The molecule has 2 aromatic rings. The summed E-state index contributed by atoms with van der Waals surface area (Å²) < 4.78 is 22.7. The van der Waals surface area contributed by atoms with Crippen molar-refractivity contribution in [3.05, 3.63) is 79.4 Å². The molecule has 1 aromatic heterocycles. The second kappa shape index (κ2) is 44.1. The molecule has 1 aromatic carbocycles. The molecular formula is C33H38FeN10Na2O14PS-6. The number of aliphatic hydroxyl groups is 3. The smallest absolute Gasteiger partial charge is 0.790 e. The zero-order valence-electron chi connectivity index (χ0n) is 33.9. The van der Waals surface area contributed by atoms with Gasteiger partial charge in [-0.25, -0.2) is 5.09 Å². The minimum absolute atomic E-state index is 0. The van der Waals surface area contributed by atoms with E-state index in [-0.39, 0.29) is 101 Å². The number of para-hydroxylation sites is 1. The molecule has 2 amide bonds. The number of nitrogens with one attached hydrogen (secondary N) is 3. The fourth-order valence-corrected chi connectivity index (χ4v) is 5.82. The molecule has 1 aliphatic heterocycles. The maximum absolute atomic E-state index is 13.0. The van der Waals surface area contributed by atoms with Gasteiger partial charge in [0.2, 0.25) is 19.6 Å². The average molecular weight is 964 g/mol. The topological polar surface area (TPSA) is 442 Å². The summed E-state index contributed by atoms with van der Waals surface area (Å²) in [6, 6.07) is 3.11. The molecule has 29 heteroatoms. The number of hydrogen-bond acceptors (Lipinski definition) is 20. The van der Waals surface area contributed by atoms with Crippen LogP contribution in [0.25, 0.3) is 16.5 Å². The van der Waals surface area contributed by atoms with Gasteiger partial charge in [0, 0.05) is 13.0 Å². The molecule has 0 saturated carbocycles. The van der Waals surface area contributed by atoms with Crippen molar-refractivity contribution in [3.8, 4) is 0 Å². The van der Waals surface area contributed by atoms with Gasteiger partial charge in [0.05, 0.1) is 30.1 Å². The van der Waals surface area contributed by atoms with E-state index in [1.54, 1.807) is 38.1 Å². The van der Waals surface area contributed by atoms with Crippen molar-refractivity contribution >= 4 is 55.0 Å². The summed E-state index contributed by atoms with van der Waals surface area (Å²) in [5.41, 5.74) is 6.97. The minimum Gasteiger partial charge on any atom is -0.790 e. The second-order valence-electron chi connectivity index (χ2n) is 11.2. The van der Waals surface area contributed by atoms with E-state index in [0.717, 1.165) is 0 Å². The number of rotatable bonds is 14. The molecule has 9 atom stereocenters. The molecular weight excluding hydrogens is 925 g/mol. The van der Waals surface area contributed by atoms with Gasteiger partial charge >= 0.3 is 76.2 Å². The average Bonchev–Trinajstić information content (AvgIpc) is 3.64. The van der Waals surface area contributed by atoms with Gasteiger partial charge in [-0.15, -0.1) is 5.52 Å². The van der Waals surface area contributed by atoms with E-state index in [9.17, 15) is 54.2 Å². The predicted octanol–water partition coefficient (Wildman–Crippen LogP) is -9.51. The summed E-state index contributed by atoms with van der Waals surface area (Å²) in [5, 5.41) is 90.1. The summed E-state index contributed by atoms with van der Waals surface area (Å²) in [5.74, 6) is -4.52. The van der Waals surface area contributed by atoms with Crippen LogP contribution in [0.5, 0.6) is 0 Å². The van der Waals surface area contributed by atoms with Crippen molar-refractivity contribution in [2.24, 2.45) is 5.92 Å². The molecule has 0 spiro atoms. The van der Waals surface area contributed by atoms with Gasteiger partial charge in [0.25, 0.3) is 0 Å². The van der Waals surface area contributed by atoms with Gasteiger partial charge < -0.3 is 143 Å². The van der Waals surface area contributed by atoms with Crippen LogP contribution in [0.4, 0.5) is 0 Å². The molecule has 1 fully saturated rings. The fraction of sp³-hybridized carbons (Fsp3) is 0.485. The van der Waals surface area contributed by atoms with Crippen LogP contribution in [0.1, 0.15) is 39.7 Å². The maximum Gasteiger partial charge on any atom is 3.00 e. The third-order valence-electron chi connectivity index (χ3n) is 6.85. The third kappa shape index (κ3) is 29.7.